The number of likely N-dealkylation sites (N-methyl/N-ethyl adjacent to an activating group) is 1. The number of carbonyl (C=O) groups excluding carboxylic acids is 2. The van der Waals surface area contributed by atoms with Crippen molar-refractivity contribution in [1.29, 1.82) is 0 Å². The number of carbonyl (C=O) groups is 2. The van der Waals surface area contributed by atoms with Crippen molar-refractivity contribution in [3.05, 3.63) is 62.5 Å². The zero-order valence-corrected chi connectivity index (χ0v) is 19.2. The van der Waals surface area contributed by atoms with Crippen LogP contribution in [0.5, 0.6) is 11.5 Å². The van der Waals surface area contributed by atoms with Crippen LogP contribution in [0.2, 0.25) is 0 Å². The summed E-state index contributed by atoms with van der Waals surface area (Å²) in [5.41, 5.74) is 1.25. The van der Waals surface area contributed by atoms with E-state index in [2.05, 4.69) is 27.9 Å². The van der Waals surface area contributed by atoms with Gasteiger partial charge in [-0.3, -0.25) is 19.8 Å². The number of nitrogens with one attached hydrogen (secondary N) is 1. The maximum Gasteiger partial charge on any atom is 0.265 e. The van der Waals surface area contributed by atoms with Gasteiger partial charge in [0.1, 0.15) is 18.0 Å². The minimum absolute atomic E-state index is 0.0298. The Morgan fingerprint density at radius 3 is 2.70 bits per heavy atom. The Kier molecular flexibility index (Phi) is 7.03. The summed E-state index contributed by atoms with van der Waals surface area (Å²) < 4.78 is 25.7. The first-order chi connectivity index (χ1) is 14.3. The molecule has 1 N–H and O–H groups in total. The van der Waals surface area contributed by atoms with Gasteiger partial charge in [0.2, 0.25) is 0 Å². The molecule has 3 rings (SSSR count). The number of ether oxygens (including phenoxy) is 2. The molecule has 2 aromatic carbocycles. The fraction of sp³-hybridized carbons (Fsp3) is 0.190. The van der Waals surface area contributed by atoms with E-state index in [-0.39, 0.29) is 23.1 Å². The third kappa shape index (κ3) is 4.96. The molecule has 30 heavy (non-hydrogen) atoms. The summed E-state index contributed by atoms with van der Waals surface area (Å²) in [5, 5.41) is 2.54. The molecule has 6 nitrogen and oxygen atoms in total. The largest absolute Gasteiger partial charge is 0.490 e. The smallest absolute Gasteiger partial charge is 0.265 e. The van der Waals surface area contributed by atoms with Crippen LogP contribution in [0.3, 0.4) is 0 Å². The first-order valence-corrected chi connectivity index (χ1v) is 10.5. The highest BCUT2D eigenvalue weighted by Crippen LogP contribution is 2.35. The second kappa shape index (κ2) is 9.52. The fourth-order valence-electron chi connectivity index (χ4n) is 2.77. The van der Waals surface area contributed by atoms with Gasteiger partial charge >= 0.3 is 0 Å². The van der Waals surface area contributed by atoms with E-state index in [1.54, 1.807) is 24.3 Å². The van der Waals surface area contributed by atoms with Gasteiger partial charge in [-0.05, 0) is 83.2 Å². The molecule has 2 aromatic rings. The van der Waals surface area contributed by atoms with Crippen LogP contribution in [-0.2, 0) is 16.2 Å². The molecule has 0 aromatic heterocycles. The van der Waals surface area contributed by atoms with Crippen LogP contribution in [-0.4, -0.2) is 35.5 Å². The minimum atomic E-state index is -0.553. The Balaban J connectivity index is 1.92. The van der Waals surface area contributed by atoms with Crippen LogP contribution < -0.4 is 14.8 Å². The summed E-state index contributed by atoms with van der Waals surface area (Å²) in [6.45, 7) is 2.39. The van der Waals surface area contributed by atoms with Gasteiger partial charge in [0.25, 0.3) is 11.8 Å². The molecule has 0 unspecified atom stereocenters. The molecule has 9 heteroatoms. The Labute approximate surface area is 192 Å². The molecule has 0 radical (unpaired) electrons. The Bertz CT molecular complexity index is 1060. The molecule has 0 saturated carbocycles. The van der Waals surface area contributed by atoms with Crippen molar-refractivity contribution in [1.82, 2.24) is 10.2 Å². The number of rotatable bonds is 6. The predicted octanol–water partition coefficient (Wildman–Crippen LogP) is 3.66. The molecule has 2 amide bonds. The van der Waals surface area contributed by atoms with Crippen LogP contribution in [0.1, 0.15) is 18.1 Å². The fourth-order valence-corrected chi connectivity index (χ4v) is 3.73. The number of hydrogen-bond donors (Lipinski definition) is 1. The van der Waals surface area contributed by atoms with Gasteiger partial charge in [-0.15, -0.1) is 0 Å². The van der Waals surface area contributed by atoms with Crippen LogP contribution >= 0.6 is 34.8 Å². The Hall–Kier alpha value is -2.53. The van der Waals surface area contributed by atoms with E-state index in [0.717, 1.165) is 0 Å². The van der Waals surface area contributed by atoms with Crippen molar-refractivity contribution in [2.75, 3.05) is 13.7 Å². The number of thiocarbonyl (C=S) groups is 1. The topological polar surface area (TPSA) is 67.9 Å². The van der Waals surface area contributed by atoms with Gasteiger partial charge in [0.05, 0.1) is 10.2 Å². The highest BCUT2D eigenvalue weighted by atomic mass is 127. The van der Waals surface area contributed by atoms with E-state index >= 15 is 0 Å². The Morgan fingerprint density at radius 2 is 2.00 bits per heavy atom. The maximum absolute atomic E-state index is 13.4. The van der Waals surface area contributed by atoms with Gasteiger partial charge in [-0.25, -0.2) is 4.39 Å². The highest BCUT2D eigenvalue weighted by Gasteiger charge is 2.30. The van der Waals surface area contributed by atoms with E-state index in [1.807, 2.05) is 6.92 Å². The van der Waals surface area contributed by atoms with Gasteiger partial charge in [-0.1, -0.05) is 12.1 Å². The second-order valence-electron chi connectivity index (χ2n) is 6.36. The first-order valence-electron chi connectivity index (χ1n) is 8.98. The van der Waals surface area contributed by atoms with Crippen molar-refractivity contribution in [3.8, 4) is 11.5 Å². The summed E-state index contributed by atoms with van der Waals surface area (Å²) in [4.78, 5) is 25.8. The molecule has 1 saturated heterocycles. The minimum Gasteiger partial charge on any atom is -0.490 e. The number of benzene rings is 2. The van der Waals surface area contributed by atoms with Crippen molar-refractivity contribution in [2.24, 2.45) is 0 Å². The molecule has 1 aliphatic rings. The molecule has 156 valence electrons. The van der Waals surface area contributed by atoms with E-state index in [9.17, 15) is 14.0 Å². The van der Waals surface area contributed by atoms with Crippen LogP contribution in [0.25, 0.3) is 6.08 Å². The number of nitrogens with zero attached hydrogens (tertiary/aromatic N) is 1. The molecular formula is C21H18FIN2O4S. The molecule has 0 bridgehead atoms. The number of hydrogen-bond acceptors (Lipinski definition) is 5. The van der Waals surface area contributed by atoms with E-state index in [0.29, 0.717) is 32.8 Å². The normalized spacial score (nSPS) is 15.4. The highest BCUT2D eigenvalue weighted by molar-refractivity contribution is 14.1. The lowest BCUT2D eigenvalue weighted by molar-refractivity contribution is -0.128. The van der Waals surface area contributed by atoms with Crippen molar-refractivity contribution < 1.29 is 23.5 Å². The van der Waals surface area contributed by atoms with Crippen molar-refractivity contribution in [2.45, 2.75) is 13.5 Å². The molecule has 0 spiro atoms. The molecule has 0 atom stereocenters. The third-order valence-electron chi connectivity index (χ3n) is 4.22. The summed E-state index contributed by atoms with van der Waals surface area (Å²) in [6.07, 6.45) is 1.48. The van der Waals surface area contributed by atoms with Crippen LogP contribution in [0.15, 0.2) is 42.0 Å². The number of halogens is 2. The van der Waals surface area contributed by atoms with E-state index in [4.69, 9.17) is 21.7 Å². The quantitative estimate of drug-likeness (QED) is 0.262. The van der Waals surface area contributed by atoms with Crippen LogP contribution in [0.4, 0.5) is 4.39 Å². The summed E-state index contributed by atoms with van der Waals surface area (Å²) >= 11 is 7.04. The van der Waals surface area contributed by atoms with Crippen molar-refractivity contribution in [3.63, 3.8) is 0 Å². The van der Waals surface area contributed by atoms with Gasteiger partial charge in [0, 0.05) is 7.05 Å². The lowest BCUT2D eigenvalue weighted by Crippen LogP contribution is -2.52. The van der Waals surface area contributed by atoms with Gasteiger partial charge < -0.3 is 9.47 Å². The molecule has 0 aliphatic carbocycles. The van der Waals surface area contributed by atoms with Gasteiger partial charge in [0.15, 0.2) is 16.6 Å². The second-order valence-corrected chi connectivity index (χ2v) is 7.91. The maximum atomic E-state index is 13.4. The Morgan fingerprint density at radius 1 is 1.23 bits per heavy atom. The molecule has 1 fully saturated rings. The monoisotopic (exact) mass is 540 g/mol. The number of amides is 2. The van der Waals surface area contributed by atoms with E-state index in [1.165, 1.54) is 30.2 Å². The SMILES string of the molecule is CCOc1cc(/C=C2\C(=O)NC(=S)N(C)C2=O)cc(I)c1OCc1cccc(F)c1. The average Bonchev–Trinajstić information content (AvgIpc) is 2.69. The van der Waals surface area contributed by atoms with Gasteiger partial charge in [-0.2, -0.15) is 0 Å². The van der Waals surface area contributed by atoms with E-state index < -0.39 is 11.8 Å². The zero-order chi connectivity index (χ0) is 21.8. The third-order valence-corrected chi connectivity index (χ3v) is 5.40. The van der Waals surface area contributed by atoms with Crippen molar-refractivity contribution >= 4 is 57.8 Å². The molecule has 1 heterocycles. The van der Waals surface area contributed by atoms with Crippen LogP contribution in [0, 0.1) is 9.39 Å². The standard InChI is InChI=1S/C21H18FIN2O4S/c1-3-28-17-10-13(8-15-19(26)24-21(30)25(2)20(15)27)9-16(23)18(17)29-11-12-5-4-6-14(22)7-12/h4-10H,3,11H2,1-2H3,(H,24,26,30)/b15-8+. The average molecular weight is 540 g/mol. The predicted molar refractivity (Wildman–Crippen MR) is 123 cm³/mol. The molecular weight excluding hydrogens is 522 g/mol. The lowest BCUT2D eigenvalue weighted by Gasteiger charge is -2.25. The zero-order valence-electron chi connectivity index (χ0n) is 16.2. The summed E-state index contributed by atoms with van der Waals surface area (Å²) in [5.74, 6) is -0.412. The first kappa shape index (κ1) is 22.2. The lowest BCUT2D eigenvalue weighted by atomic mass is 10.1. The summed E-state index contributed by atoms with van der Waals surface area (Å²) in [6, 6.07) is 9.61. The molecule has 1 aliphatic heterocycles. The summed E-state index contributed by atoms with van der Waals surface area (Å²) in [7, 11) is 1.50.